The predicted molar refractivity (Wildman–Crippen MR) is 109 cm³/mol. The highest BCUT2D eigenvalue weighted by Gasteiger charge is 2.23. The maximum atomic E-state index is 11.9. The minimum atomic E-state index is -0.272. The van der Waals surface area contributed by atoms with Crippen molar-refractivity contribution in [2.75, 3.05) is 19.5 Å². The molecule has 8 nitrogen and oxygen atoms in total. The molecule has 1 saturated carbocycles. The molecule has 0 spiro atoms. The summed E-state index contributed by atoms with van der Waals surface area (Å²) < 4.78 is 16.6. The van der Waals surface area contributed by atoms with E-state index in [4.69, 9.17) is 25.8 Å². The number of hydrogen-bond acceptors (Lipinski definition) is 6. The van der Waals surface area contributed by atoms with Crippen molar-refractivity contribution < 1.29 is 19.0 Å². The molecule has 2 amide bonds. The maximum Gasteiger partial charge on any atom is 0.319 e. The van der Waals surface area contributed by atoms with Crippen LogP contribution in [0.5, 0.6) is 23.1 Å². The second-order valence-electron chi connectivity index (χ2n) is 6.52. The van der Waals surface area contributed by atoms with E-state index >= 15 is 0 Å². The van der Waals surface area contributed by atoms with Gasteiger partial charge in [0.25, 0.3) is 0 Å². The van der Waals surface area contributed by atoms with Crippen molar-refractivity contribution in [3.05, 3.63) is 41.7 Å². The van der Waals surface area contributed by atoms with Crippen molar-refractivity contribution in [1.29, 1.82) is 0 Å². The molecule has 1 aromatic heterocycles. The molecule has 1 aliphatic rings. The van der Waals surface area contributed by atoms with Crippen molar-refractivity contribution in [3.8, 4) is 23.1 Å². The van der Waals surface area contributed by atoms with Crippen LogP contribution >= 0.6 is 11.6 Å². The molecule has 3 aromatic rings. The van der Waals surface area contributed by atoms with Gasteiger partial charge in [0.05, 0.1) is 35.8 Å². The molecule has 1 aliphatic carbocycles. The van der Waals surface area contributed by atoms with Crippen LogP contribution in [0, 0.1) is 0 Å². The molecular formula is C20H19ClN4O4. The molecule has 4 rings (SSSR count). The molecule has 2 N–H and O–H groups in total. The zero-order valence-electron chi connectivity index (χ0n) is 15.9. The zero-order valence-corrected chi connectivity index (χ0v) is 16.6. The van der Waals surface area contributed by atoms with E-state index in [1.807, 2.05) is 0 Å². The SMILES string of the molecule is COc1cc2ncnc(Oc3ccc(NC(=O)NC4CC4)c(Cl)c3)c2cc1OC. The van der Waals surface area contributed by atoms with Crippen molar-refractivity contribution in [2.45, 2.75) is 18.9 Å². The third-order valence-electron chi connectivity index (χ3n) is 4.42. The van der Waals surface area contributed by atoms with E-state index in [0.717, 1.165) is 12.8 Å². The van der Waals surface area contributed by atoms with Gasteiger partial charge in [-0.2, -0.15) is 0 Å². The van der Waals surface area contributed by atoms with Crippen LogP contribution in [0.25, 0.3) is 10.9 Å². The number of methoxy groups -OCH3 is 2. The number of carbonyl (C=O) groups is 1. The molecule has 0 bridgehead atoms. The largest absolute Gasteiger partial charge is 0.493 e. The number of hydrogen-bond donors (Lipinski definition) is 2. The number of benzene rings is 2. The van der Waals surface area contributed by atoms with E-state index in [-0.39, 0.29) is 12.1 Å². The monoisotopic (exact) mass is 414 g/mol. The van der Waals surface area contributed by atoms with Crippen LogP contribution in [0.2, 0.25) is 5.02 Å². The minimum absolute atomic E-state index is 0.262. The molecular weight excluding hydrogens is 396 g/mol. The molecule has 9 heteroatoms. The first-order chi connectivity index (χ1) is 14.1. The van der Waals surface area contributed by atoms with Gasteiger partial charge in [0.2, 0.25) is 5.88 Å². The Labute approximate surface area is 172 Å². The number of nitrogens with one attached hydrogen (secondary N) is 2. The van der Waals surface area contributed by atoms with Crippen molar-refractivity contribution in [1.82, 2.24) is 15.3 Å². The van der Waals surface area contributed by atoms with Gasteiger partial charge in [-0.05, 0) is 31.0 Å². The summed E-state index contributed by atoms with van der Waals surface area (Å²) in [5.74, 6) is 1.92. The number of carbonyl (C=O) groups excluding carboxylic acids is 1. The first-order valence-electron chi connectivity index (χ1n) is 8.99. The Bertz CT molecular complexity index is 1070. The van der Waals surface area contributed by atoms with E-state index in [0.29, 0.717) is 44.7 Å². The van der Waals surface area contributed by atoms with E-state index in [9.17, 15) is 4.79 Å². The first kappa shape index (κ1) is 19.1. The second kappa shape index (κ2) is 8.00. The van der Waals surface area contributed by atoms with Crippen LogP contribution in [0.1, 0.15) is 12.8 Å². The minimum Gasteiger partial charge on any atom is -0.493 e. The van der Waals surface area contributed by atoms with Gasteiger partial charge in [-0.25, -0.2) is 14.8 Å². The normalized spacial score (nSPS) is 13.1. The van der Waals surface area contributed by atoms with Crippen molar-refractivity contribution >= 4 is 34.2 Å². The van der Waals surface area contributed by atoms with Gasteiger partial charge >= 0.3 is 6.03 Å². The highest BCUT2D eigenvalue weighted by molar-refractivity contribution is 6.33. The number of rotatable bonds is 6. The standard InChI is InChI=1S/C20H19ClN4O4/c1-27-17-8-13-16(9-18(17)28-2)22-10-23-19(13)29-12-5-6-15(14(21)7-12)25-20(26)24-11-3-4-11/h5-11H,3-4H2,1-2H3,(H2,24,25,26). The van der Waals surface area contributed by atoms with Crippen LogP contribution in [0.3, 0.4) is 0 Å². The Balaban J connectivity index is 1.57. The first-order valence-corrected chi connectivity index (χ1v) is 9.37. The quantitative estimate of drug-likeness (QED) is 0.621. The molecule has 1 fully saturated rings. The molecule has 150 valence electrons. The predicted octanol–water partition coefficient (Wildman–Crippen LogP) is 4.38. The van der Waals surface area contributed by atoms with Crippen molar-refractivity contribution in [3.63, 3.8) is 0 Å². The molecule has 0 saturated heterocycles. The smallest absolute Gasteiger partial charge is 0.319 e. The highest BCUT2D eigenvalue weighted by atomic mass is 35.5. The summed E-state index contributed by atoms with van der Waals surface area (Å²) in [5, 5.41) is 6.59. The fourth-order valence-corrected chi connectivity index (χ4v) is 3.00. The third kappa shape index (κ3) is 4.27. The lowest BCUT2D eigenvalue weighted by molar-refractivity contribution is 0.251. The molecule has 0 radical (unpaired) electrons. The van der Waals surface area contributed by atoms with E-state index in [1.165, 1.54) is 6.33 Å². The van der Waals surface area contributed by atoms with E-state index in [1.54, 1.807) is 44.6 Å². The molecule has 2 aromatic carbocycles. The number of ether oxygens (including phenoxy) is 3. The number of anilines is 1. The maximum absolute atomic E-state index is 11.9. The number of aromatic nitrogens is 2. The molecule has 0 unspecified atom stereocenters. The Morgan fingerprint density at radius 1 is 1.10 bits per heavy atom. The van der Waals surface area contributed by atoms with Crippen molar-refractivity contribution in [2.24, 2.45) is 0 Å². The Morgan fingerprint density at radius 2 is 1.86 bits per heavy atom. The number of urea groups is 1. The van der Waals surface area contributed by atoms with Gasteiger partial charge in [0.15, 0.2) is 11.5 Å². The van der Waals surface area contributed by atoms with Gasteiger partial charge < -0.3 is 24.8 Å². The van der Waals surface area contributed by atoms with E-state index < -0.39 is 0 Å². The van der Waals surface area contributed by atoms with E-state index in [2.05, 4.69) is 20.6 Å². The van der Waals surface area contributed by atoms with Gasteiger partial charge in [-0.15, -0.1) is 0 Å². The van der Waals surface area contributed by atoms with Crippen LogP contribution < -0.4 is 24.8 Å². The third-order valence-corrected chi connectivity index (χ3v) is 4.73. The number of fused-ring (bicyclic) bond motifs is 1. The number of halogens is 1. The fraction of sp³-hybridized carbons (Fsp3) is 0.250. The van der Waals surface area contributed by atoms with Gasteiger partial charge in [0, 0.05) is 18.2 Å². The van der Waals surface area contributed by atoms with Crippen LogP contribution in [-0.4, -0.2) is 36.3 Å². The lowest BCUT2D eigenvalue weighted by Crippen LogP contribution is -2.30. The molecule has 29 heavy (non-hydrogen) atoms. The summed E-state index contributed by atoms with van der Waals surface area (Å²) in [7, 11) is 3.11. The molecule has 0 aliphatic heterocycles. The average Bonchev–Trinajstić information content (AvgIpc) is 3.53. The van der Waals surface area contributed by atoms with Crippen LogP contribution in [-0.2, 0) is 0 Å². The summed E-state index contributed by atoms with van der Waals surface area (Å²) >= 11 is 6.31. The summed E-state index contributed by atoms with van der Waals surface area (Å²) in [6, 6.07) is 8.49. The zero-order chi connectivity index (χ0) is 20.4. The Morgan fingerprint density at radius 3 is 2.55 bits per heavy atom. The van der Waals surface area contributed by atoms with Crippen LogP contribution in [0.15, 0.2) is 36.7 Å². The Kier molecular flexibility index (Phi) is 5.26. The molecule has 0 atom stereocenters. The lowest BCUT2D eigenvalue weighted by Gasteiger charge is -2.12. The second-order valence-corrected chi connectivity index (χ2v) is 6.93. The van der Waals surface area contributed by atoms with Crippen LogP contribution in [0.4, 0.5) is 10.5 Å². The summed E-state index contributed by atoms with van der Waals surface area (Å²) in [6.45, 7) is 0. The van der Waals surface area contributed by atoms with Gasteiger partial charge in [-0.1, -0.05) is 11.6 Å². The Hall–Kier alpha value is -3.26. The van der Waals surface area contributed by atoms with Gasteiger partial charge in [0.1, 0.15) is 12.1 Å². The number of amides is 2. The highest BCUT2D eigenvalue weighted by Crippen LogP contribution is 2.36. The lowest BCUT2D eigenvalue weighted by atomic mass is 10.2. The summed E-state index contributed by atoms with van der Waals surface area (Å²) in [4.78, 5) is 20.4. The number of nitrogens with zero attached hydrogens (tertiary/aromatic N) is 2. The fourth-order valence-electron chi connectivity index (χ4n) is 2.78. The molecule has 1 heterocycles. The summed E-state index contributed by atoms with van der Waals surface area (Å²) in [5.41, 5.74) is 1.14. The topological polar surface area (TPSA) is 94.6 Å². The van der Waals surface area contributed by atoms with Gasteiger partial charge in [-0.3, -0.25) is 0 Å². The summed E-state index contributed by atoms with van der Waals surface area (Å²) in [6.07, 6.45) is 3.43. The average molecular weight is 415 g/mol.